The minimum absolute atomic E-state index is 0.0842. The molecule has 2 heterocycles. The van der Waals surface area contributed by atoms with Crippen molar-refractivity contribution in [1.29, 1.82) is 0 Å². The fourth-order valence-corrected chi connectivity index (χ4v) is 3.75. The van der Waals surface area contributed by atoms with Crippen LogP contribution in [0, 0.1) is 12.8 Å². The van der Waals surface area contributed by atoms with E-state index in [9.17, 15) is 14.4 Å². The molecule has 0 aromatic carbocycles. The number of nitrogens with one attached hydrogen (secondary N) is 1. The molecule has 0 saturated carbocycles. The zero-order chi connectivity index (χ0) is 21.4. The number of hydrogen-bond donors (Lipinski definition) is 1. The highest BCUT2D eigenvalue weighted by Gasteiger charge is 2.26. The number of carbonyl (C=O) groups excluding carboxylic acids is 3. The van der Waals surface area contributed by atoms with Crippen molar-refractivity contribution in [2.24, 2.45) is 5.92 Å². The lowest BCUT2D eigenvalue weighted by Gasteiger charge is -2.14. The number of amides is 1. The van der Waals surface area contributed by atoms with Gasteiger partial charge in [0.25, 0.3) is 5.91 Å². The number of anilines is 1. The molecule has 0 spiro atoms. The number of carbonyl (C=O) groups is 3. The van der Waals surface area contributed by atoms with Gasteiger partial charge in [0.2, 0.25) is 5.76 Å². The van der Waals surface area contributed by atoms with Crippen LogP contribution in [0.5, 0.6) is 0 Å². The van der Waals surface area contributed by atoms with Gasteiger partial charge in [-0.2, -0.15) is 0 Å². The largest absolute Gasteiger partial charge is 0.493 e. The third kappa shape index (κ3) is 6.22. The number of rotatable bonds is 9. The van der Waals surface area contributed by atoms with Crippen LogP contribution in [0.1, 0.15) is 48.0 Å². The Bertz CT molecular complexity index is 784. The van der Waals surface area contributed by atoms with Gasteiger partial charge in [-0.25, -0.2) is 9.59 Å². The zero-order valence-corrected chi connectivity index (χ0v) is 18.0. The molecule has 29 heavy (non-hydrogen) atoms. The third-order valence-electron chi connectivity index (χ3n) is 4.38. The Labute approximate surface area is 174 Å². The highest BCUT2D eigenvalue weighted by molar-refractivity contribution is 7.16. The molecule has 1 aromatic heterocycles. The molecule has 0 unspecified atom stereocenters. The summed E-state index contributed by atoms with van der Waals surface area (Å²) in [5, 5.41) is 3.07. The van der Waals surface area contributed by atoms with Crippen LogP contribution in [0.25, 0.3) is 0 Å². The maximum absolute atomic E-state index is 12.5. The molecule has 1 amide bonds. The van der Waals surface area contributed by atoms with Crippen molar-refractivity contribution in [2.45, 2.75) is 40.5 Å². The Morgan fingerprint density at radius 2 is 1.97 bits per heavy atom. The molecule has 1 aliphatic heterocycles. The van der Waals surface area contributed by atoms with Crippen molar-refractivity contribution in [3.8, 4) is 0 Å². The molecule has 160 valence electrons. The first-order chi connectivity index (χ1) is 13.9. The second-order valence-electron chi connectivity index (χ2n) is 6.60. The molecular weight excluding hydrogens is 398 g/mol. The molecule has 8 nitrogen and oxygen atoms in total. The van der Waals surface area contributed by atoms with E-state index in [-0.39, 0.29) is 19.0 Å². The smallest absolute Gasteiger partial charge is 0.377 e. The molecule has 1 N–H and O–H groups in total. The van der Waals surface area contributed by atoms with Crippen molar-refractivity contribution < 1.29 is 33.3 Å². The molecule has 1 aromatic rings. The van der Waals surface area contributed by atoms with Crippen LogP contribution in [-0.2, 0) is 35.0 Å². The van der Waals surface area contributed by atoms with E-state index in [1.807, 2.05) is 6.92 Å². The van der Waals surface area contributed by atoms with Gasteiger partial charge in [-0.3, -0.25) is 4.79 Å². The highest BCUT2D eigenvalue weighted by atomic mass is 32.1. The Hall–Kier alpha value is -2.55. The van der Waals surface area contributed by atoms with Crippen LogP contribution in [0.2, 0.25) is 0 Å². The molecule has 0 saturated heterocycles. The van der Waals surface area contributed by atoms with Crippen LogP contribution in [0.3, 0.4) is 0 Å². The summed E-state index contributed by atoms with van der Waals surface area (Å²) < 4.78 is 20.2. The van der Waals surface area contributed by atoms with E-state index in [1.54, 1.807) is 6.92 Å². The average molecular weight is 426 g/mol. The predicted molar refractivity (Wildman–Crippen MR) is 108 cm³/mol. The normalized spacial score (nSPS) is 14.1. The summed E-state index contributed by atoms with van der Waals surface area (Å²) in [6, 6.07) is 0. The standard InChI is InChI=1S/C20H27NO7S/c1-5-12(3)9-14-13(4)29-18(17(14)20(24)26-6-2)21-16(22)11-28-19(23)15-10-25-7-8-27-15/h10,12H,5-9,11H2,1-4H3,(H,21,22)/t12-/m0/s1. The molecule has 0 radical (unpaired) electrons. The van der Waals surface area contributed by atoms with Crippen LogP contribution < -0.4 is 5.32 Å². The van der Waals surface area contributed by atoms with Crippen molar-refractivity contribution in [3.63, 3.8) is 0 Å². The average Bonchev–Trinajstić information content (AvgIpc) is 3.01. The van der Waals surface area contributed by atoms with Gasteiger partial charge in [0.15, 0.2) is 6.61 Å². The van der Waals surface area contributed by atoms with Gasteiger partial charge < -0.3 is 24.3 Å². The summed E-state index contributed by atoms with van der Waals surface area (Å²) in [6.07, 6.45) is 2.84. The zero-order valence-electron chi connectivity index (χ0n) is 17.2. The van der Waals surface area contributed by atoms with Crippen molar-refractivity contribution in [1.82, 2.24) is 0 Å². The van der Waals surface area contributed by atoms with Gasteiger partial charge in [0.1, 0.15) is 24.5 Å². The SMILES string of the molecule is CCOC(=O)c1c(NC(=O)COC(=O)C2=COCCO2)sc(C)c1C[C@@H](C)CC. The van der Waals surface area contributed by atoms with E-state index < -0.39 is 24.5 Å². The summed E-state index contributed by atoms with van der Waals surface area (Å²) in [5.74, 6) is -1.52. The minimum Gasteiger partial charge on any atom is -0.493 e. The summed E-state index contributed by atoms with van der Waals surface area (Å²) in [5.41, 5.74) is 1.26. The first kappa shape index (κ1) is 22.7. The van der Waals surface area contributed by atoms with Crippen LogP contribution in [-0.4, -0.2) is 44.3 Å². The summed E-state index contributed by atoms with van der Waals surface area (Å²) in [7, 11) is 0. The fraction of sp³-hybridized carbons (Fsp3) is 0.550. The maximum Gasteiger partial charge on any atom is 0.377 e. The Morgan fingerprint density at radius 1 is 1.21 bits per heavy atom. The summed E-state index contributed by atoms with van der Waals surface area (Å²) in [6.45, 7) is 8.15. The van der Waals surface area contributed by atoms with Gasteiger partial charge in [-0.05, 0) is 31.7 Å². The number of hydrogen-bond acceptors (Lipinski definition) is 8. The number of esters is 2. The molecule has 9 heteroatoms. The van der Waals surface area contributed by atoms with E-state index >= 15 is 0 Å². The molecule has 0 aliphatic carbocycles. The lowest BCUT2D eigenvalue weighted by molar-refractivity contribution is -0.148. The Morgan fingerprint density at radius 3 is 2.59 bits per heavy atom. The summed E-state index contributed by atoms with van der Waals surface area (Å²) >= 11 is 1.31. The molecule has 1 atom stereocenters. The number of aryl methyl sites for hydroxylation is 1. The van der Waals surface area contributed by atoms with Gasteiger partial charge in [0.05, 0.1) is 12.2 Å². The van der Waals surface area contributed by atoms with Gasteiger partial charge >= 0.3 is 11.9 Å². The maximum atomic E-state index is 12.5. The Balaban J connectivity index is 2.10. The van der Waals surface area contributed by atoms with Crippen molar-refractivity contribution in [2.75, 3.05) is 31.7 Å². The summed E-state index contributed by atoms with van der Waals surface area (Å²) in [4.78, 5) is 37.7. The molecule has 0 bridgehead atoms. The van der Waals surface area contributed by atoms with Gasteiger partial charge in [0, 0.05) is 4.88 Å². The first-order valence-electron chi connectivity index (χ1n) is 9.58. The van der Waals surface area contributed by atoms with Crippen molar-refractivity contribution in [3.05, 3.63) is 28.0 Å². The molecule has 1 aliphatic rings. The molecule has 0 fully saturated rings. The number of ether oxygens (including phenoxy) is 4. The third-order valence-corrected chi connectivity index (χ3v) is 5.44. The van der Waals surface area contributed by atoms with Gasteiger partial charge in [-0.15, -0.1) is 11.3 Å². The monoisotopic (exact) mass is 425 g/mol. The van der Waals surface area contributed by atoms with E-state index in [0.29, 0.717) is 29.5 Å². The second-order valence-corrected chi connectivity index (χ2v) is 7.83. The second kappa shape index (κ2) is 10.8. The lowest BCUT2D eigenvalue weighted by Crippen LogP contribution is -2.24. The van der Waals surface area contributed by atoms with E-state index in [4.69, 9.17) is 18.9 Å². The molecule has 2 rings (SSSR count). The quantitative estimate of drug-likeness (QED) is 0.607. The highest BCUT2D eigenvalue weighted by Crippen LogP contribution is 2.35. The Kier molecular flexibility index (Phi) is 8.50. The fourth-order valence-electron chi connectivity index (χ4n) is 2.66. The van der Waals surface area contributed by atoms with E-state index in [0.717, 1.165) is 23.1 Å². The predicted octanol–water partition coefficient (Wildman–Crippen LogP) is 3.19. The first-order valence-corrected chi connectivity index (χ1v) is 10.4. The number of thiophene rings is 1. The van der Waals surface area contributed by atoms with E-state index in [2.05, 4.69) is 19.2 Å². The molecular formula is C20H27NO7S. The topological polar surface area (TPSA) is 100 Å². The van der Waals surface area contributed by atoms with E-state index in [1.165, 1.54) is 11.3 Å². The van der Waals surface area contributed by atoms with Crippen LogP contribution in [0.15, 0.2) is 12.0 Å². The minimum atomic E-state index is -0.787. The van der Waals surface area contributed by atoms with Crippen molar-refractivity contribution >= 4 is 34.2 Å². The van der Waals surface area contributed by atoms with Gasteiger partial charge in [-0.1, -0.05) is 20.3 Å². The van der Waals surface area contributed by atoms with Crippen LogP contribution in [0.4, 0.5) is 5.00 Å². The van der Waals surface area contributed by atoms with Crippen LogP contribution >= 0.6 is 11.3 Å². The lowest BCUT2D eigenvalue weighted by atomic mass is 9.96.